The van der Waals surface area contributed by atoms with Crippen LogP contribution < -0.4 is 4.74 Å². The lowest BCUT2D eigenvalue weighted by Crippen LogP contribution is -2.05. The second-order valence-electron chi connectivity index (χ2n) is 4.47. The van der Waals surface area contributed by atoms with Crippen LogP contribution in [0.25, 0.3) is 11.4 Å². The fourth-order valence-electron chi connectivity index (χ4n) is 1.96. The predicted molar refractivity (Wildman–Crippen MR) is 83.0 cm³/mol. The minimum Gasteiger partial charge on any atom is -0.497 e. The lowest BCUT2D eigenvalue weighted by molar-refractivity contribution is 0.413. The number of halogens is 1. The van der Waals surface area contributed by atoms with E-state index in [9.17, 15) is 0 Å². The van der Waals surface area contributed by atoms with Gasteiger partial charge in [-0.3, -0.25) is 0 Å². The molecule has 0 fully saturated rings. The topological polar surface area (TPSA) is 52.8 Å². The van der Waals surface area contributed by atoms with Crippen molar-refractivity contribution in [1.82, 2.24) is 20.2 Å². The fraction of sp³-hybridized carbons (Fsp3) is 0.133. The van der Waals surface area contributed by atoms with Gasteiger partial charge in [0.05, 0.1) is 13.7 Å². The standard InChI is InChI=1S/C15H13BrN4O/c1-21-13-7-8-14(16)12(9-13)10-20-18-15(17-19-20)11-5-3-2-4-6-11/h2-9H,10H2,1H3. The van der Waals surface area contributed by atoms with Crippen molar-refractivity contribution in [2.45, 2.75) is 6.54 Å². The van der Waals surface area contributed by atoms with E-state index in [1.165, 1.54) is 0 Å². The number of nitrogens with zero attached hydrogens (tertiary/aromatic N) is 4. The molecular weight excluding hydrogens is 332 g/mol. The average molecular weight is 345 g/mol. The Morgan fingerprint density at radius 1 is 1.14 bits per heavy atom. The van der Waals surface area contributed by atoms with Gasteiger partial charge in [0.1, 0.15) is 5.75 Å². The van der Waals surface area contributed by atoms with Gasteiger partial charge in [0.25, 0.3) is 0 Å². The molecule has 2 aromatic carbocycles. The zero-order chi connectivity index (χ0) is 14.7. The predicted octanol–water partition coefficient (Wildman–Crippen LogP) is 3.16. The van der Waals surface area contributed by atoms with E-state index in [1.54, 1.807) is 11.9 Å². The van der Waals surface area contributed by atoms with Gasteiger partial charge < -0.3 is 4.74 Å². The molecule has 0 radical (unpaired) electrons. The van der Waals surface area contributed by atoms with Crippen LogP contribution in [0.2, 0.25) is 0 Å². The number of aromatic nitrogens is 4. The van der Waals surface area contributed by atoms with Crippen LogP contribution in [0.1, 0.15) is 5.56 Å². The summed E-state index contributed by atoms with van der Waals surface area (Å²) in [5.41, 5.74) is 1.99. The van der Waals surface area contributed by atoms with Crippen LogP contribution in [-0.2, 0) is 6.54 Å². The van der Waals surface area contributed by atoms with E-state index < -0.39 is 0 Å². The van der Waals surface area contributed by atoms with Gasteiger partial charge in [0.15, 0.2) is 0 Å². The van der Waals surface area contributed by atoms with Crippen LogP contribution in [0.15, 0.2) is 53.0 Å². The zero-order valence-electron chi connectivity index (χ0n) is 11.4. The van der Waals surface area contributed by atoms with Crippen molar-refractivity contribution >= 4 is 15.9 Å². The second kappa shape index (κ2) is 6.05. The van der Waals surface area contributed by atoms with Gasteiger partial charge in [-0.2, -0.15) is 4.80 Å². The van der Waals surface area contributed by atoms with Crippen LogP contribution in [0.3, 0.4) is 0 Å². The summed E-state index contributed by atoms with van der Waals surface area (Å²) in [7, 11) is 1.65. The molecule has 0 saturated heterocycles. The van der Waals surface area contributed by atoms with E-state index in [0.29, 0.717) is 12.4 Å². The van der Waals surface area contributed by atoms with Crippen LogP contribution in [-0.4, -0.2) is 27.3 Å². The zero-order valence-corrected chi connectivity index (χ0v) is 13.0. The van der Waals surface area contributed by atoms with Crippen LogP contribution in [0.4, 0.5) is 0 Å². The number of ether oxygens (including phenoxy) is 1. The summed E-state index contributed by atoms with van der Waals surface area (Å²) >= 11 is 3.52. The van der Waals surface area contributed by atoms with Gasteiger partial charge in [-0.25, -0.2) is 0 Å². The Balaban J connectivity index is 1.85. The molecule has 0 aliphatic heterocycles. The van der Waals surface area contributed by atoms with Crippen LogP contribution in [0.5, 0.6) is 5.75 Å². The number of methoxy groups -OCH3 is 1. The highest BCUT2D eigenvalue weighted by atomic mass is 79.9. The van der Waals surface area contributed by atoms with Crippen molar-refractivity contribution in [3.63, 3.8) is 0 Å². The number of hydrogen-bond acceptors (Lipinski definition) is 4. The van der Waals surface area contributed by atoms with Crippen molar-refractivity contribution in [3.8, 4) is 17.1 Å². The second-order valence-corrected chi connectivity index (χ2v) is 5.32. The Bertz CT molecular complexity index is 742. The first-order valence-corrected chi connectivity index (χ1v) is 7.21. The molecule has 0 aliphatic carbocycles. The minimum atomic E-state index is 0.525. The molecule has 3 aromatic rings. The molecule has 0 saturated carbocycles. The average Bonchev–Trinajstić information content (AvgIpc) is 2.99. The molecule has 21 heavy (non-hydrogen) atoms. The maximum atomic E-state index is 5.24. The normalized spacial score (nSPS) is 10.6. The van der Waals surface area contributed by atoms with E-state index in [1.807, 2.05) is 48.5 Å². The first kappa shape index (κ1) is 13.8. The third kappa shape index (κ3) is 3.11. The Hall–Kier alpha value is -2.21. The van der Waals surface area contributed by atoms with Gasteiger partial charge >= 0.3 is 0 Å². The van der Waals surface area contributed by atoms with Crippen molar-refractivity contribution in [2.24, 2.45) is 0 Å². The summed E-state index contributed by atoms with van der Waals surface area (Å²) in [5.74, 6) is 1.42. The summed E-state index contributed by atoms with van der Waals surface area (Å²) in [6.07, 6.45) is 0. The molecule has 0 bridgehead atoms. The summed E-state index contributed by atoms with van der Waals surface area (Å²) in [5, 5.41) is 12.6. The Morgan fingerprint density at radius 2 is 1.95 bits per heavy atom. The summed E-state index contributed by atoms with van der Waals surface area (Å²) < 4.78 is 6.22. The molecule has 0 spiro atoms. The minimum absolute atomic E-state index is 0.525. The molecule has 1 aromatic heterocycles. The smallest absolute Gasteiger partial charge is 0.204 e. The molecule has 0 N–H and O–H groups in total. The van der Waals surface area contributed by atoms with E-state index in [0.717, 1.165) is 21.3 Å². The molecule has 0 amide bonds. The molecule has 3 rings (SSSR count). The molecule has 6 heteroatoms. The van der Waals surface area contributed by atoms with Gasteiger partial charge in [0, 0.05) is 10.0 Å². The maximum Gasteiger partial charge on any atom is 0.204 e. The highest BCUT2D eigenvalue weighted by Crippen LogP contribution is 2.23. The largest absolute Gasteiger partial charge is 0.497 e. The quantitative estimate of drug-likeness (QED) is 0.729. The number of tetrazole rings is 1. The van der Waals surface area contributed by atoms with Crippen molar-refractivity contribution in [1.29, 1.82) is 0 Å². The number of rotatable bonds is 4. The number of hydrogen-bond donors (Lipinski definition) is 0. The Labute approximate surface area is 130 Å². The van der Waals surface area contributed by atoms with E-state index in [-0.39, 0.29) is 0 Å². The van der Waals surface area contributed by atoms with E-state index in [2.05, 4.69) is 31.3 Å². The third-order valence-corrected chi connectivity index (χ3v) is 3.82. The van der Waals surface area contributed by atoms with Crippen molar-refractivity contribution in [3.05, 3.63) is 58.6 Å². The molecule has 0 unspecified atom stereocenters. The lowest BCUT2D eigenvalue weighted by atomic mass is 10.2. The molecule has 1 heterocycles. The summed E-state index contributed by atoms with van der Waals surface area (Å²) in [6.45, 7) is 0.525. The van der Waals surface area contributed by atoms with Crippen LogP contribution in [0, 0.1) is 0 Å². The molecular formula is C15H13BrN4O. The fourth-order valence-corrected chi connectivity index (χ4v) is 2.34. The van der Waals surface area contributed by atoms with Crippen molar-refractivity contribution < 1.29 is 4.74 Å². The number of benzene rings is 2. The first-order chi connectivity index (χ1) is 10.3. The highest BCUT2D eigenvalue weighted by Gasteiger charge is 2.08. The summed E-state index contributed by atoms with van der Waals surface area (Å²) in [4.78, 5) is 1.57. The third-order valence-electron chi connectivity index (χ3n) is 3.05. The van der Waals surface area contributed by atoms with Gasteiger partial charge in [0.2, 0.25) is 5.82 Å². The van der Waals surface area contributed by atoms with Gasteiger partial charge in [-0.05, 0) is 29.0 Å². The first-order valence-electron chi connectivity index (χ1n) is 6.42. The van der Waals surface area contributed by atoms with Crippen molar-refractivity contribution in [2.75, 3.05) is 7.11 Å². The van der Waals surface area contributed by atoms with Gasteiger partial charge in [-0.15, -0.1) is 10.2 Å². The monoisotopic (exact) mass is 344 g/mol. The summed E-state index contributed by atoms with van der Waals surface area (Å²) in [6, 6.07) is 15.6. The Morgan fingerprint density at radius 3 is 2.71 bits per heavy atom. The highest BCUT2D eigenvalue weighted by molar-refractivity contribution is 9.10. The lowest BCUT2D eigenvalue weighted by Gasteiger charge is -2.06. The van der Waals surface area contributed by atoms with Gasteiger partial charge in [-0.1, -0.05) is 46.3 Å². The molecule has 0 aliphatic rings. The van der Waals surface area contributed by atoms with Crippen LogP contribution >= 0.6 is 15.9 Å². The molecule has 5 nitrogen and oxygen atoms in total. The Kier molecular flexibility index (Phi) is 3.96. The molecule has 106 valence electrons. The van der Waals surface area contributed by atoms with E-state index in [4.69, 9.17) is 4.74 Å². The maximum absolute atomic E-state index is 5.24. The molecule has 0 atom stereocenters. The van der Waals surface area contributed by atoms with E-state index >= 15 is 0 Å². The SMILES string of the molecule is COc1ccc(Br)c(Cn2nnc(-c3ccccc3)n2)c1.